The van der Waals surface area contributed by atoms with E-state index >= 15 is 0 Å². The highest BCUT2D eigenvalue weighted by Gasteiger charge is 2.37. The van der Waals surface area contributed by atoms with Crippen LogP contribution < -0.4 is 0 Å². The Labute approximate surface area is 228 Å². The number of benzene rings is 5. The molecule has 5 aromatic carbocycles. The van der Waals surface area contributed by atoms with Crippen LogP contribution in [0.2, 0.25) is 0 Å². The molecule has 6 aromatic rings. The topological polar surface area (TPSA) is 38.7 Å². The molecule has 0 saturated carbocycles. The highest BCUT2D eigenvalue weighted by molar-refractivity contribution is 5.91. The molecule has 1 aliphatic rings. The average Bonchev–Trinajstić information content (AvgIpc) is 3.24. The third kappa shape index (κ3) is 3.95. The van der Waals surface area contributed by atoms with Gasteiger partial charge in [-0.15, -0.1) is 0 Å². The Morgan fingerprint density at radius 1 is 0.410 bits per heavy atom. The van der Waals surface area contributed by atoms with Gasteiger partial charge in [-0.05, 0) is 39.4 Å². The average molecular weight is 502 g/mol. The Bertz CT molecular complexity index is 1820. The zero-order valence-corrected chi connectivity index (χ0v) is 22.0. The second-order valence-corrected chi connectivity index (χ2v) is 10.5. The summed E-state index contributed by atoms with van der Waals surface area (Å²) in [6.45, 7) is 4.59. The molecule has 3 nitrogen and oxygen atoms in total. The molecule has 0 bridgehead atoms. The maximum absolute atomic E-state index is 5.11. The first-order valence-corrected chi connectivity index (χ1v) is 13.3. The van der Waals surface area contributed by atoms with Gasteiger partial charge in [0.1, 0.15) is 0 Å². The molecule has 0 unspecified atom stereocenters. The van der Waals surface area contributed by atoms with Gasteiger partial charge in [-0.25, -0.2) is 15.0 Å². The van der Waals surface area contributed by atoms with Crippen LogP contribution in [0.25, 0.3) is 56.4 Å². The van der Waals surface area contributed by atoms with Gasteiger partial charge < -0.3 is 0 Å². The Morgan fingerprint density at radius 2 is 0.923 bits per heavy atom. The van der Waals surface area contributed by atoms with Crippen LogP contribution in [0.5, 0.6) is 0 Å². The molecule has 0 amide bonds. The summed E-state index contributed by atoms with van der Waals surface area (Å²) in [6, 6.07) is 44.2. The van der Waals surface area contributed by atoms with Crippen LogP contribution in [-0.4, -0.2) is 15.0 Å². The summed E-state index contributed by atoms with van der Waals surface area (Å²) >= 11 is 0. The molecular formula is C36H27N3. The largest absolute Gasteiger partial charge is 0.208 e. The van der Waals surface area contributed by atoms with Gasteiger partial charge in [0, 0.05) is 22.1 Å². The van der Waals surface area contributed by atoms with Crippen molar-refractivity contribution >= 4 is 0 Å². The number of aromatic nitrogens is 3. The molecule has 0 saturated heterocycles. The van der Waals surface area contributed by atoms with Gasteiger partial charge in [-0.1, -0.05) is 135 Å². The number of fused-ring (bicyclic) bond motifs is 3. The van der Waals surface area contributed by atoms with E-state index in [0.717, 1.165) is 27.8 Å². The van der Waals surface area contributed by atoms with Gasteiger partial charge in [0.15, 0.2) is 17.5 Å². The van der Waals surface area contributed by atoms with Crippen LogP contribution in [0, 0.1) is 0 Å². The lowest BCUT2D eigenvalue weighted by Crippen LogP contribution is -2.14. The lowest BCUT2D eigenvalue weighted by molar-refractivity contribution is 0.660. The van der Waals surface area contributed by atoms with Crippen LogP contribution in [-0.2, 0) is 5.41 Å². The van der Waals surface area contributed by atoms with Gasteiger partial charge in [-0.3, -0.25) is 0 Å². The van der Waals surface area contributed by atoms with Crippen LogP contribution >= 0.6 is 0 Å². The molecule has 0 spiro atoms. The highest BCUT2D eigenvalue weighted by Crippen LogP contribution is 2.51. The summed E-state index contributed by atoms with van der Waals surface area (Å²) < 4.78 is 0. The Balaban J connectivity index is 1.46. The third-order valence-electron chi connectivity index (χ3n) is 7.74. The number of nitrogens with zero attached hydrogens (tertiary/aromatic N) is 3. The van der Waals surface area contributed by atoms with Crippen molar-refractivity contribution < 1.29 is 0 Å². The Kier molecular flexibility index (Phi) is 5.45. The van der Waals surface area contributed by atoms with Crippen molar-refractivity contribution in [3.63, 3.8) is 0 Å². The number of hydrogen-bond donors (Lipinski definition) is 0. The normalized spacial score (nSPS) is 13.1. The summed E-state index contributed by atoms with van der Waals surface area (Å²) in [6.07, 6.45) is 0. The molecule has 0 N–H and O–H groups in total. The number of rotatable bonds is 4. The fourth-order valence-electron chi connectivity index (χ4n) is 5.75. The van der Waals surface area contributed by atoms with Crippen molar-refractivity contribution in [2.75, 3.05) is 0 Å². The SMILES string of the molecule is CC1(C)c2ccccc2-c2c(-c3nc(-c4ccccc4)nc(-c4cccc(-c5ccccc5)c4)n3)cccc21. The van der Waals surface area contributed by atoms with Crippen LogP contribution in [0.3, 0.4) is 0 Å². The zero-order chi connectivity index (χ0) is 26.4. The van der Waals surface area contributed by atoms with Crippen molar-refractivity contribution in [2.24, 2.45) is 0 Å². The molecular weight excluding hydrogens is 474 g/mol. The maximum atomic E-state index is 5.11. The second-order valence-electron chi connectivity index (χ2n) is 10.5. The van der Waals surface area contributed by atoms with Gasteiger partial charge in [-0.2, -0.15) is 0 Å². The summed E-state index contributed by atoms with van der Waals surface area (Å²) in [5.41, 5.74) is 10.3. The fraction of sp³-hybridized carbons (Fsp3) is 0.0833. The minimum Gasteiger partial charge on any atom is -0.208 e. The first-order chi connectivity index (χ1) is 19.1. The van der Waals surface area contributed by atoms with E-state index in [4.69, 9.17) is 15.0 Å². The van der Waals surface area contributed by atoms with Crippen LogP contribution in [0.1, 0.15) is 25.0 Å². The van der Waals surface area contributed by atoms with E-state index in [1.165, 1.54) is 22.3 Å². The van der Waals surface area contributed by atoms with E-state index in [1.807, 2.05) is 24.3 Å². The summed E-state index contributed by atoms with van der Waals surface area (Å²) in [5, 5.41) is 0. The van der Waals surface area contributed by atoms with Gasteiger partial charge in [0.25, 0.3) is 0 Å². The van der Waals surface area contributed by atoms with Gasteiger partial charge in [0.2, 0.25) is 0 Å². The van der Waals surface area contributed by atoms with Crippen molar-refractivity contribution in [1.29, 1.82) is 0 Å². The van der Waals surface area contributed by atoms with Gasteiger partial charge >= 0.3 is 0 Å². The smallest absolute Gasteiger partial charge is 0.164 e. The molecule has 186 valence electrons. The number of hydrogen-bond acceptors (Lipinski definition) is 3. The molecule has 1 aromatic heterocycles. The van der Waals surface area contributed by atoms with E-state index in [2.05, 4.69) is 117 Å². The standard InChI is InChI=1S/C36H27N3/c1-36(2)30-21-10-9-19-28(30)32-29(20-12-22-31(32)36)35-38-33(25-15-7-4-8-16-25)37-34(39-35)27-18-11-17-26(23-27)24-13-5-3-6-14-24/h3-23H,1-2H3. The molecule has 0 atom stereocenters. The summed E-state index contributed by atoms with van der Waals surface area (Å²) in [5.74, 6) is 2.02. The zero-order valence-electron chi connectivity index (χ0n) is 22.0. The Hall–Kier alpha value is -4.89. The van der Waals surface area contributed by atoms with Crippen molar-refractivity contribution in [3.8, 4) is 56.4 Å². The first kappa shape index (κ1) is 23.2. The third-order valence-corrected chi connectivity index (χ3v) is 7.74. The summed E-state index contributed by atoms with van der Waals surface area (Å²) in [7, 11) is 0. The van der Waals surface area contributed by atoms with E-state index in [1.54, 1.807) is 0 Å². The van der Waals surface area contributed by atoms with Crippen LogP contribution in [0.15, 0.2) is 127 Å². The van der Waals surface area contributed by atoms with E-state index in [-0.39, 0.29) is 5.41 Å². The predicted molar refractivity (Wildman–Crippen MR) is 159 cm³/mol. The molecule has 39 heavy (non-hydrogen) atoms. The molecule has 1 aliphatic carbocycles. The van der Waals surface area contributed by atoms with Crippen molar-refractivity contribution in [1.82, 2.24) is 15.0 Å². The predicted octanol–water partition coefficient (Wildman–Crippen LogP) is 8.85. The minimum absolute atomic E-state index is 0.0932. The molecule has 1 heterocycles. The summed E-state index contributed by atoms with van der Waals surface area (Å²) in [4.78, 5) is 15.1. The molecule has 3 heteroatoms. The fourth-order valence-corrected chi connectivity index (χ4v) is 5.75. The van der Waals surface area contributed by atoms with Crippen LogP contribution in [0.4, 0.5) is 0 Å². The van der Waals surface area contributed by atoms with Crippen molar-refractivity contribution in [2.45, 2.75) is 19.3 Å². The Morgan fingerprint density at radius 3 is 1.69 bits per heavy atom. The monoisotopic (exact) mass is 501 g/mol. The molecule has 0 fully saturated rings. The second kappa shape index (κ2) is 9.14. The first-order valence-electron chi connectivity index (χ1n) is 13.3. The molecule has 0 aliphatic heterocycles. The minimum atomic E-state index is -0.0932. The lowest BCUT2D eigenvalue weighted by Gasteiger charge is -2.21. The van der Waals surface area contributed by atoms with E-state index in [9.17, 15) is 0 Å². The molecule has 0 radical (unpaired) electrons. The quantitative estimate of drug-likeness (QED) is 0.242. The highest BCUT2D eigenvalue weighted by atomic mass is 15.0. The van der Waals surface area contributed by atoms with E-state index in [0.29, 0.717) is 17.5 Å². The van der Waals surface area contributed by atoms with Crippen molar-refractivity contribution in [3.05, 3.63) is 139 Å². The maximum Gasteiger partial charge on any atom is 0.164 e. The molecule has 7 rings (SSSR count). The van der Waals surface area contributed by atoms with Gasteiger partial charge in [0.05, 0.1) is 0 Å². The lowest BCUT2D eigenvalue weighted by atomic mass is 9.82. The van der Waals surface area contributed by atoms with E-state index < -0.39 is 0 Å².